The Morgan fingerprint density at radius 3 is 2.75 bits per heavy atom. The Morgan fingerprint density at radius 1 is 1.43 bits per heavy atom. The number of nitrogens with one attached hydrogen (secondary N) is 1. The van der Waals surface area contributed by atoms with E-state index in [1.54, 1.807) is 13.8 Å². The molecule has 0 saturated carbocycles. The van der Waals surface area contributed by atoms with Gasteiger partial charge in [-0.1, -0.05) is 12.2 Å². The van der Waals surface area contributed by atoms with E-state index in [9.17, 15) is 22.8 Å². The van der Waals surface area contributed by atoms with Gasteiger partial charge in [0, 0.05) is 17.2 Å². The van der Waals surface area contributed by atoms with Crippen LogP contribution in [0.4, 0.5) is 0 Å². The highest BCUT2D eigenvalue weighted by Gasteiger charge is 2.45. The molecule has 0 radical (unpaired) electrons. The van der Waals surface area contributed by atoms with Crippen molar-refractivity contribution in [2.24, 2.45) is 0 Å². The van der Waals surface area contributed by atoms with Gasteiger partial charge in [-0.2, -0.15) is 0 Å². The second kappa shape index (κ2) is 6.90. The smallest absolute Gasteiger partial charge is 0.356 e. The minimum absolute atomic E-state index is 0.0262. The monoisotopic (exact) mass is 404 g/mol. The average molecular weight is 404 g/mol. The van der Waals surface area contributed by atoms with Crippen molar-refractivity contribution >= 4 is 33.2 Å². The Kier molecular flexibility index (Phi) is 4.88. The third-order valence-electron chi connectivity index (χ3n) is 5.05. The number of esters is 1. The second-order valence-electron chi connectivity index (χ2n) is 6.71. The van der Waals surface area contributed by atoms with E-state index >= 15 is 0 Å². The summed E-state index contributed by atoms with van der Waals surface area (Å²) in [7, 11) is -4.28. The fourth-order valence-electron chi connectivity index (χ4n) is 3.26. The molecule has 2 aromatic heterocycles. The first-order valence-corrected chi connectivity index (χ1v) is 10.1. The molecule has 0 saturated heterocycles. The van der Waals surface area contributed by atoms with E-state index < -0.39 is 26.3 Å². The van der Waals surface area contributed by atoms with E-state index in [-0.39, 0.29) is 24.2 Å². The molecule has 0 fully saturated rings. The quantitative estimate of drug-likeness (QED) is 0.601. The molecule has 148 valence electrons. The number of carbonyl (C=O) groups excluding carboxylic acids is 2. The van der Waals surface area contributed by atoms with Crippen molar-refractivity contribution in [1.82, 2.24) is 8.96 Å². The Balaban J connectivity index is 2.33. The fourth-order valence-corrected chi connectivity index (χ4v) is 5.24. The number of fused-ring (bicyclic) bond motifs is 1. The number of aromatic amines is 1. The number of hydrogen-bond acceptors (Lipinski definition) is 6. The van der Waals surface area contributed by atoms with Gasteiger partial charge >= 0.3 is 5.97 Å². The van der Waals surface area contributed by atoms with Gasteiger partial charge in [0.25, 0.3) is 5.56 Å². The van der Waals surface area contributed by atoms with Crippen LogP contribution >= 0.6 is 0 Å². The molecule has 3 rings (SSSR count). The Morgan fingerprint density at radius 2 is 2.14 bits per heavy atom. The van der Waals surface area contributed by atoms with Crippen molar-refractivity contribution in [3.05, 3.63) is 57.7 Å². The second-order valence-corrected chi connectivity index (χ2v) is 8.93. The van der Waals surface area contributed by atoms with Gasteiger partial charge in [0.15, 0.2) is 0 Å². The first kappa shape index (κ1) is 19.8. The number of pyridine rings is 1. The highest BCUT2D eigenvalue weighted by Crippen LogP contribution is 2.38. The van der Waals surface area contributed by atoms with Gasteiger partial charge in [-0.15, -0.1) is 0 Å². The summed E-state index contributed by atoms with van der Waals surface area (Å²) in [6, 6.07) is 2.85. The molecule has 0 spiro atoms. The fraction of sp³-hybridized carbons (Fsp3) is 0.316. The number of aromatic nitrogens is 2. The number of carbonyl (C=O) groups is 2. The Hall–Kier alpha value is -2.94. The molecule has 2 heterocycles. The average Bonchev–Trinajstić information content (AvgIpc) is 3.06. The molecule has 0 bridgehead atoms. The molecule has 1 aliphatic carbocycles. The predicted molar refractivity (Wildman–Crippen MR) is 104 cm³/mol. The molecule has 8 nitrogen and oxygen atoms in total. The van der Waals surface area contributed by atoms with Crippen molar-refractivity contribution in [1.29, 1.82) is 0 Å². The number of nitrogens with zero attached hydrogens (tertiary/aromatic N) is 1. The maximum absolute atomic E-state index is 13.7. The topological polar surface area (TPSA) is 115 Å². The summed E-state index contributed by atoms with van der Waals surface area (Å²) in [6.45, 7) is 4.77. The van der Waals surface area contributed by atoms with Crippen molar-refractivity contribution in [3.63, 3.8) is 0 Å². The molecular weight excluding hydrogens is 384 g/mol. The van der Waals surface area contributed by atoms with E-state index in [1.165, 1.54) is 37.4 Å². The number of aldehydes is 1. The number of ether oxygens (including phenoxy) is 1. The maximum atomic E-state index is 13.7. The minimum atomic E-state index is -4.28. The lowest BCUT2D eigenvalue weighted by atomic mass is 9.90. The number of rotatable bonds is 5. The Labute approximate surface area is 161 Å². The zero-order chi connectivity index (χ0) is 20.7. The van der Waals surface area contributed by atoms with Crippen molar-refractivity contribution in [2.45, 2.75) is 31.9 Å². The van der Waals surface area contributed by atoms with Crippen LogP contribution in [-0.4, -0.2) is 41.0 Å². The number of hydrogen-bond donors (Lipinski definition) is 1. The zero-order valence-corrected chi connectivity index (χ0v) is 16.5. The normalized spacial score (nSPS) is 19.8. The van der Waals surface area contributed by atoms with E-state index in [0.29, 0.717) is 22.8 Å². The van der Waals surface area contributed by atoms with Gasteiger partial charge in [0.2, 0.25) is 10.0 Å². The molecule has 1 unspecified atom stereocenters. The van der Waals surface area contributed by atoms with Gasteiger partial charge in [-0.3, -0.25) is 9.59 Å². The third kappa shape index (κ3) is 2.82. The molecular formula is C19H20N2O6S. The highest BCUT2D eigenvalue weighted by atomic mass is 32.2. The molecule has 28 heavy (non-hydrogen) atoms. The third-order valence-corrected chi connectivity index (χ3v) is 7.54. The minimum Gasteiger partial charge on any atom is -0.461 e. The molecule has 0 aliphatic heterocycles. The molecule has 2 aromatic rings. The first-order chi connectivity index (χ1) is 13.2. The summed E-state index contributed by atoms with van der Waals surface area (Å²) in [5.74, 6) is -0.841. The van der Waals surface area contributed by atoms with Crippen molar-refractivity contribution in [3.8, 4) is 0 Å². The van der Waals surface area contributed by atoms with E-state index in [0.717, 1.165) is 3.97 Å². The van der Waals surface area contributed by atoms with Crippen LogP contribution in [0, 0.1) is 0 Å². The van der Waals surface area contributed by atoms with Gasteiger partial charge in [0.1, 0.15) is 22.2 Å². The maximum Gasteiger partial charge on any atom is 0.356 e. The predicted octanol–water partition coefficient (Wildman–Crippen LogP) is 1.92. The van der Waals surface area contributed by atoms with Gasteiger partial charge in [0.05, 0.1) is 6.61 Å². The van der Waals surface area contributed by atoms with Crippen LogP contribution in [0.2, 0.25) is 0 Å². The number of H-pyrrole nitrogens is 1. The van der Waals surface area contributed by atoms with E-state index in [2.05, 4.69) is 4.98 Å². The lowest BCUT2D eigenvalue weighted by molar-refractivity contribution is -0.104. The largest absolute Gasteiger partial charge is 0.461 e. The first-order valence-electron chi connectivity index (χ1n) is 8.67. The Bertz CT molecular complexity index is 1200. The van der Waals surface area contributed by atoms with Crippen LogP contribution in [0.3, 0.4) is 0 Å². The van der Waals surface area contributed by atoms with Crippen molar-refractivity contribution in [2.75, 3.05) is 6.61 Å². The summed E-state index contributed by atoms with van der Waals surface area (Å²) < 4.78 is 31.8. The van der Waals surface area contributed by atoms with Crippen LogP contribution in [-0.2, 0) is 19.6 Å². The summed E-state index contributed by atoms with van der Waals surface area (Å²) in [5.41, 5.74) is -0.216. The molecule has 1 aliphatic rings. The van der Waals surface area contributed by atoms with Gasteiger partial charge < -0.3 is 9.72 Å². The summed E-state index contributed by atoms with van der Waals surface area (Å²) in [5, 5.41) is 0.306. The molecule has 9 heteroatoms. The SMILES string of the molecule is CCOC(=O)c1cc2cc[nH]c(=O)c2n1S(=O)(=O)C1(C)CC=C(C=O)C=C1C. The summed E-state index contributed by atoms with van der Waals surface area (Å²) >= 11 is 0. The molecule has 1 atom stereocenters. The van der Waals surface area contributed by atoms with Crippen LogP contribution in [0.25, 0.3) is 10.9 Å². The molecule has 0 amide bonds. The van der Waals surface area contributed by atoms with Crippen LogP contribution < -0.4 is 5.56 Å². The summed E-state index contributed by atoms with van der Waals surface area (Å²) in [4.78, 5) is 38.4. The van der Waals surface area contributed by atoms with Gasteiger partial charge in [-0.25, -0.2) is 17.2 Å². The van der Waals surface area contributed by atoms with Gasteiger partial charge in [-0.05, 0) is 44.9 Å². The zero-order valence-electron chi connectivity index (χ0n) is 15.7. The summed E-state index contributed by atoms with van der Waals surface area (Å²) in [6.07, 6.45) is 5.07. The lowest BCUT2D eigenvalue weighted by Crippen LogP contribution is -2.43. The van der Waals surface area contributed by atoms with Crippen LogP contribution in [0.1, 0.15) is 37.7 Å². The molecule has 1 N–H and O–H groups in total. The highest BCUT2D eigenvalue weighted by molar-refractivity contribution is 7.91. The van der Waals surface area contributed by atoms with Crippen LogP contribution in [0.5, 0.6) is 0 Å². The number of allylic oxidation sites excluding steroid dienone is 3. The van der Waals surface area contributed by atoms with E-state index in [4.69, 9.17) is 4.74 Å². The van der Waals surface area contributed by atoms with Crippen LogP contribution in [0.15, 0.2) is 46.4 Å². The van der Waals surface area contributed by atoms with E-state index in [1.807, 2.05) is 0 Å². The van der Waals surface area contributed by atoms with Crippen molar-refractivity contribution < 1.29 is 22.7 Å². The molecule has 0 aromatic carbocycles. The lowest BCUT2D eigenvalue weighted by Gasteiger charge is -2.32. The standard InChI is InChI=1S/C19H20N2O6S/c1-4-27-18(24)15-10-14-6-8-20-17(23)16(14)21(15)28(25,26)19(3)7-5-13(11-22)9-12(19)2/h5-6,8-11H,4,7H2,1-3H3,(H,20,23).